The molecule has 4 aromatic rings. The highest BCUT2D eigenvalue weighted by atomic mass is 32.2. The Hall–Kier alpha value is -4.28. The van der Waals surface area contributed by atoms with Gasteiger partial charge in [0.2, 0.25) is 0 Å². The van der Waals surface area contributed by atoms with Crippen molar-refractivity contribution in [2.45, 2.75) is 17.9 Å². The van der Waals surface area contributed by atoms with Crippen LogP contribution in [0.25, 0.3) is 10.9 Å². The summed E-state index contributed by atoms with van der Waals surface area (Å²) >= 11 is 0. The summed E-state index contributed by atoms with van der Waals surface area (Å²) in [4.78, 5) is 38.7. The Balaban J connectivity index is 1.51. The summed E-state index contributed by atoms with van der Waals surface area (Å²) in [5.74, 6) is -1.39. The summed E-state index contributed by atoms with van der Waals surface area (Å²) in [6, 6.07) is 18.3. The number of carboxylic acid groups (broad SMARTS) is 1. The summed E-state index contributed by atoms with van der Waals surface area (Å²) in [5.41, 5.74) is 2.71. The van der Waals surface area contributed by atoms with E-state index in [0.717, 1.165) is 5.56 Å². The first-order chi connectivity index (χ1) is 16.6. The Morgan fingerprint density at radius 1 is 0.857 bits per heavy atom. The monoisotopic (exact) mass is 492 g/mol. The molecule has 4 N–H and O–H groups in total. The molecule has 0 aliphatic carbocycles. The van der Waals surface area contributed by atoms with E-state index in [4.69, 9.17) is 9.66 Å². The van der Waals surface area contributed by atoms with Gasteiger partial charge in [-0.2, -0.15) is 8.42 Å². The van der Waals surface area contributed by atoms with Crippen LogP contribution in [-0.2, 0) is 23.1 Å². The van der Waals surface area contributed by atoms with Crippen LogP contribution >= 0.6 is 0 Å². The van der Waals surface area contributed by atoms with Crippen molar-refractivity contribution in [1.29, 1.82) is 0 Å². The molecule has 0 atom stereocenters. The molecule has 0 aliphatic heterocycles. The molecule has 4 rings (SSSR count). The molecule has 0 fully saturated rings. The second-order valence-electron chi connectivity index (χ2n) is 7.91. The van der Waals surface area contributed by atoms with Crippen LogP contribution in [0.4, 0.5) is 0 Å². The predicted molar refractivity (Wildman–Crippen MR) is 128 cm³/mol. The number of hydrogen-bond acceptors (Lipinski definition) is 5. The van der Waals surface area contributed by atoms with Gasteiger partial charge in [0, 0.05) is 29.6 Å². The summed E-state index contributed by atoms with van der Waals surface area (Å²) in [6.45, 7) is 0.145. The molecule has 0 unspecified atom stereocenters. The Kier molecular flexibility index (Phi) is 6.50. The molecule has 3 aromatic carbocycles. The Labute approximate surface area is 199 Å². The number of pyridine rings is 1. The third kappa shape index (κ3) is 5.62. The first-order valence-corrected chi connectivity index (χ1v) is 11.9. The second-order valence-corrected chi connectivity index (χ2v) is 9.33. The fourth-order valence-electron chi connectivity index (χ4n) is 3.57. The lowest BCUT2D eigenvalue weighted by Gasteiger charge is -2.08. The predicted octanol–water partition coefficient (Wildman–Crippen LogP) is 2.99. The summed E-state index contributed by atoms with van der Waals surface area (Å²) in [5, 5.41) is 12.4. The number of hydrogen-bond donors (Lipinski definition) is 4. The van der Waals surface area contributed by atoms with E-state index >= 15 is 0 Å². The van der Waals surface area contributed by atoms with Crippen molar-refractivity contribution in [2.75, 3.05) is 0 Å². The standard InChI is InChI=1S/C25H20N2O7S/c28-23(26-14-16-3-8-21(9-4-16)35(32,33)34)18-7-10-22-19(12-18)13-20(24(29)27-22)11-15-1-5-17(6-2-15)25(30)31/h1-10,12-13H,11,14H2,(H,26,28)(H,27,29)(H,30,31)(H,32,33,34). The average Bonchev–Trinajstić information content (AvgIpc) is 2.83. The molecule has 9 nitrogen and oxygen atoms in total. The second kappa shape index (κ2) is 9.53. The molecule has 35 heavy (non-hydrogen) atoms. The lowest BCUT2D eigenvalue weighted by Crippen LogP contribution is -2.23. The minimum Gasteiger partial charge on any atom is -0.478 e. The van der Waals surface area contributed by atoms with Crippen molar-refractivity contribution < 1.29 is 27.7 Å². The third-order valence-corrected chi connectivity index (χ3v) is 6.32. The highest BCUT2D eigenvalue weighted by Gasteiger charge is 2.11. The van der Waals surface area contributed by atoms with Crippen LogP contribution in [0.3, 0.4) is 0 Å². The molecule has 1 aromatic heterocycles. The Morgan fingerprint density at radius 3 is 2.11 bits per heavy atom. The van der Waals surface area contributed by atoms with E-state index in [1.54, 1.807) is 36.4 Å². The van der Waals surface area contributed by atoms with Crippen LogP contribution < -0.4 is 10.9 Å². The van der Waals surface area contributed by atoms with Gasteiger partial charge in [0.25, 0.3) is 21.6 Å². The number of carboxylic acids is 1. The molecule has 0 radical (unpaired) electrons. The third-order valence-electron chi connectivity index (χ3n) is 5.45. The van der Waals surface area contributed by atoms with Gasteiger partial charge in [0.1, 0.15) is 0 Å². The molecular formula is C25H20N2O7S. The van der Waals surface area contributed by atoms with Crippen molar-refractivity contribution in [2.24, 2.45) is 0 Å². The zero-order valence-electron chi connectivity index (χ0n) is 18.2. The SMILES string of the molecule is O=C(O)c1ccc(Cc2cc3cc(C(=O)NCc4ccc(S(=O)(=O)O)cc4)ccc3[nH]c2=O)cc1. The van der Waals surface area contributed by atoms with Gasteiger partial charge >= 0.3 is 5.97 Å². The highest BCUT2D eigenvalue weighted by molar-refractivity contribution is 7.85. The number of aromatic carboxylic acids is 1. The number of aromatic amines is 1. The average molecular weight is 493 g/mol. The number of carbonyl (C=O) groups is 2. The Bertz CT molecular complexity index is 1590. The molecule has 178 valence electrons. The molecule has 10 heteroatoms. The topological polar surface area (TPSA) is 154 Å². The lowest BCUT2D eigenvalue weighted by atomic mass is 10.0. The van der Waals surface area contributed by atoms with Gasteiger partial charge in [-0.3, -0.25) is 14.1 Å². The largest absolute Gasteiger partial charge is 0.478 e. The van der Waals surface area contributed by atoms with E-state index in [9.17, 15) is 22.8 Å². The number of nitrogens with one attached hydrogen (secondary N) is 2. The molecular weight excluding hydrogens is 472 g/mol. The first-order valence-electron chi connectivity index (χ1n) is 10.4. The number of benzene rings is 3. The van der Waals surface area contributed by atoms with Gasteiger partial charge in [-0.15, -0.1) is 0 Å². The maximum Gasteiger partial charge on any atom is 0.335 e. The van der Waals surface area contributed by atoms with Crippen molar-refractivity contribution in [3.8, 4) is 0 Å². The number of fused-ring (bicyclic) bond motifs is 1. The van der Waals surface area contributed by atoms with Gasteiger partial charge in [0.15, 0.2) is 0 Å². The van der Waals surface area contributed by atoms with Gasteiger partial charge in [-0.05, 0) is 65.0 Å². The molecule has 0 bridgehead atoms. The number of amides is 1. The fourth-order valence-corrected chi connectivity index (χ4v) is 4.05. The molecule has 1 amide bonds. The minimum atomic E-state index is -4.28. The minimum absolute atomic E-state index is 0.145. The van der Waals surface area contributed by atoms with Crippen LogP contribution in [0, 0.1) is 0 Å². The molecule has 0 saturated carbocycles. The smallest absolute Gasteiger partial charge is 0.335 e. The van der Waals surface area contributed by atoms with Crippen molar-refractivity contribution in [3.05, 3.63) is 111 Å². The van der Waals surface area contributed by atoms with Gasteiger partial charge in [-0.25, -0.2) is 4.79 Å². The van der Waals surface area contributed by atoms with Crippen LogP contribution in [0.1, 0.15) is 37.4 Å². The van der Waals surface area contributed by atoms with Crippen LogP contribution in [0.15, 0.2) is 82.5 Å². The number of aromatic nitrogens is 1. The Morgan fingerprint density at radius 2 is 1.49 bits per heavy atom. The fraction of sp³-hybridized carbons (Fsp3) is 0.0800. The van der Waals surface area contributed by atoms with E-state index in [-0.39, 0.29) is 28.5 Å². The maximum atomic E-state index is 12.7. The van der Waals surface area contributed by atoms with Crippen molar-refractivity contribution in [3.63, 3.8) is 0 Å². The maximum absolute atomic E-state index is 12.7. The summed E-state index contributed by atoms with van der Waals surface area (Å²) in [7, 11) is -4.28. The first kappa shape index (κ1) is 23.9. The van der Waals surface area contributed by atoms with E-state index in [2.05, 4.69) is 10.3 Å². The van der Waals surface area contributed by atoms with Crippen LogP contribution in [-0.4, -0.2) is 34.9 Å². The van der Waals surface area contributed by atoms with Gasteiger partial charge in [0.05, 0.1) is 10.5 Å². The zero-order chi connectivity index (χ0) is 25.2. The molecule has 0 saturated heterocycles. The van der Waals surface area contributed by atoms with E-state index in [1.807, 2.05) is 0 Å². The number of rotatable bonds is 7. The van der Waals surface area contributed by atoms with Crippen LogP contribution in [0.5, 0.6) is 0 Å². The van der Waals surface area contributed by atoms with Gasteiger partial charge < -0.3 is 15.4 Å². The number of carbonyl (C=O) groups excluding carboxylic acids is 1. The van der Waals surface area contributed by atoms with Crippen LogP contribution in [0.2, 0.25) is 0 Å². The quantitative estimate of drug-likeness (QED) is 0.289. The normalized spacial score (nSPS) is 11.3. The lowest BCUT2D eigenvalue weighted by molar-refractivity contribution is 0.0696. The van der Waals surface area contributed by atoms with Crippen molar-refractivity contribution in [1.82, 2.24) is 10.3 Å². The van der Waals surface area contributed by atoms with E-state index < -0.39 is 16.1 Å². The molecule has 0 spiro atoms. The summed E-state index contributed by atoms with van der Waals surface area (Å²) in [6.07, 6.45) is 0.293. The van der Waals surface area contributed by atoms with Crippen molar-refractivity contribution >= 4 is 32.9 Å². The highest BCUT2D eigenvalue weighted by Crippen LogP contribution is 2.17. The van der Waals surface area contributed by atoms with E-state index in [1.165, 1.54) is 36.4 Å². The van der Waals surface area contributed by atoms with E-state index in [0.29, 0.717) is 34.0 Å². The zero-order valence-corrected chi connectivity index (χ0v) is 19.0. The van der Waals surface area contributed by atoms with Gasteiger partial charge in [-0.1, -0.05) is 24.3 Å². The summed E-state index contributed by atoms with van der Waals surface area (Å²) < 4.78 is 31.3. The molecule has 0 aliphatic rings. The number of H-pyrrole nitrogens is 1. The molecule has 1 heterocycles.